The number of nitrogens with zero attached hydrogens (tertiary/aromatic N) is 4. The van der Waals surface area contributed by atoms with E-state index in [9.17, 15) is 4.39 Å². The van der Waals surface area contributed by atoms with Crippen LogP contribution in [0.4, 0.5) is 4.39 Å². The van der Waals surface area contributed by atoms with Gasteiger partial charge in [0.2, 0.25) is 11.2 Å². The molecule has 0 bridgehead atoms. The Hall–Kier alpha value is -2.01. The van der Waals surface area contributed by atoms with Gasteiger partial charge >= 0.3 is 0 Å². The van der Waals surface area contributed by atoms with Gasteiger partial charge in [-0.25, -0.2) is 9.67 Å². The van der Waals surface area contributed by atoms with Crippen molar-refractivity contribution in [1.82, 2.24) is 19.7 Å². The van der Waals surface area contributed by atoms with Crippen LogP contribution in [-0.2, 0) is 0 Å². The van der Waals surface area contributed by atoms with Crippen LogP contribution in [0.25, 0.3) is 16.7 Å². The maximum Gasteiger partial charge on any atom is 0.240 e. The number of fused-ring (bicyclic) bond motifs is 1. The maximum atomic E-state index is 13.6. The summed E-state index contributed by atoms with van der Waals surface area (Å²) < 4.78 is 15.0. The summed E-state index contributed by atoms with van der Waals surface area (Å²) >= 11 is 5.70. The number of rotatable bonds is 1. The van der Waals surface area contributed by atoms with Crippen LogP contribution >= 0.6 is 11.6 Å². The van der Waals surface area contributed by atoms with E-state index in [0.717, 1.165) is 0 Å². The van der Waals surface area contributed by atoms with Crippen LogP contribution in [0.15, 0.2) is 36.5 Å². The van der Waals surface area contributed by atoms with Crippen molar-refractivity contribution in [3.63, 3.8) is 0 Å². The number of hydrogen-bond acceptors (Lipinski definition) is 3. The standard InChI is InChI=1S/C11H6ClFN4/c12-11-14-6-5-9(15-11)17-8-4-2-1-3-7(8)10(13)16-17/h1-6H. The molecule has 6 heteroatoms. The van der Waals surface area contributed by atoms with E-state index in [1.165, 1.54) is 10.9 Å². The summed E-state index contributed by atoms with van der Waals surface area (Å²) in [5.41, 5.74) is 0.639. The van der Waals surface area contributed by atoms with Crippen molar-refractivity contribution in [3.05, 3.63) is 47.8 Å². The summed E-state index contributed by atoms with van der Waals surface area (Å²) in [6.07, 6.45) is 1.50. The summed E-state index contributed by atoms with van der Waals surface area (Å²) in [5, 5.41) is 4.35. The van der Waals surface area contributed by atoms with Crippen molar-refractivity contribution in [3.8, 4) is 5.82 Å². The van der Waals surface area contributed by atoms with E-state index < -0.39 is 5.95 Å². The predicted molar refractivity (Wildman–Crippen MR) is 61.6 cm³/mol. The number of hydrogen-bond donors (Lipinski definition) is 0. The summed E-state index contributed by atoms with van der Waals surface area (Å²) in [6, 6.07) is 8.61. The minimum absolute atomic E-state index is 0.0995. The Morgan fingerprint density at radius 3 is 2.82 bits per heavy atom. The van der Waals surface area contributed by atoms with Gasteiger partial charge in [-0.15, -0.1) is 5.10 Å². The zero-order valence-corrected chi connectivity index (χ0v) is 9.26. The molecule has 0 radical (unpaired) electrons. The predicted octanol–water partition coefficient (Wildman–Crippen LogP) is 2.61. The second-order valence-electron chi connectivity index (χ2n) is 3.40. The van der Waals surface area contributed by atoms with Crippen LogP contribution in [0.5, 0.6) is 0 Å². The third-order valence-corrected chi connectivity index (χ3v) is 2.55. The van der Waals surface area contributed by atoms with E-state index in [1.807, 2.05) is 6.07 Å². The second kappa shape index (κ2) is 3.78. The lowest BCUT2D eigenvalue weighted by atomic mass is 10.2. The highest BCUT2D eigenvalue weighted by Gasteiger charge is 2.11. The topological polar surface area (TPSA) is 43.6 Å². The molecule has 0 unspecified atom stereocenters. The van der Waals surface area contributed by atoms with E-state index in [1.54, 1.807) is 24.3 Å². The Balaban J connectivity index is 2.31. The molecule has 0 fully saturated rings. The van der Waals surface area contributed by atoms with Crippen LogP contribution in [0, 0.1) is 5.95 Å². The third kappa shape index (κ3) is 1.64. The minimum Gasteiger partial charge on any atom is -0.226 e. The number of halogens is 2. The minimum atomic E-state index is -0.532. The maximum absolute atomic E-state index is 13.6. The van der Waals surface area contributed by atoms with Gasteiger partial charge in [0.25, 0.3) is 0 Å². The fourth-order valence-electron chi connectivity index (χ4n) is 1.65. The lowest BCUT2D eigenvalue weighted by molar-refractivity contribution is 0.573. The highest BCUT2D eigenvalue weighted by Crippen LogP contribution is 2.20. The first-order valence-electron chi connectivity index (χ1n) is 4.88. The molecule has 4 nitrogen and oxygen atoms in total. The molecule has 2 heterocycles. The van der Waals surface area contributed by atoms with Crippen LogP contribution in [0.1, 0.15) is 0 Å². The average molecular weight is 249 g/mol. The first-order chi connectivity index (χ1) is 8.25. The molecule has 84 valence electrons. The molecule has 3 rings (SSSR count). The highest BCUT2D eigenvalue weighted by molar-refractivity contribution is 6.28. The van der Waals surface area contributed by atoms with Gasteiger partial charge in [-0.2, -0.15) is 9.37 Å². The molecule has 0 aliphatic rings. The molecule has 0 atom stereocenters. The molecule has 2 aromatic heterocycles. The van der Waals surface area contributed by atoms with E-state index in [0.29, 0.717) is 16.7 Å². The first kappa shape index (κ1) is 10.2. The van der Waals surface area contributed by atoms with E-state index in [-0.39, 0.29) is 5.28 Å². The van der Waals surface area contributed by atoms with Crippen molar-refractivity contribution >= 4 is 22.5 Å². The number of aromatic nitrogens is 4. The molecule has 0 saturated carbocycles. The smallest absolute Gasteiger partial charge is 0.226 e. The van der Waals surface area contributed by atoms with Gasteiger partial charge in [-0.05, 0) is 23.7 Å². The monoisotopic (exact) mass is 248 g/mol. The Labute approximate surface area is 101 Å². The van der Waals surface area contributed by atoms with E-state index >= 15 is 0 Å². The Morgan fingerprint density at radius 2 is 2.00 bits per heavy atom. The lowest BCUT2D eigenvalue weighted by Gasteiger charge is -2.01. The fourth-order valence-corrected chi connectivity index (χ4v) is 1.79. The van der Waals surface area contributed by atoms with Gasteiger partial charge in [0.05, 0.1) is 10.9 Å². The Kier molecular flexibility index (Phi) is 2.26. The van der Waals surface area contributed by atoms with Gasteiger partial charge in [-0.1, -0.05) is 12.1 Å². The van der Waals surface area contributed by atoms with Gasteiger partial charge in [-0.3, -0.25) is 0 Å². The fraction of sp³-hybridized carbons (Fsp3) is 0. The SMILES string of the molecule is Fc1nn(-c2ccnc(Cl)n2)c2ccccc12. The highest BCUT2D eigenvalue weighted by atomic mass is 35.5. The number of para-hydroxylation sites is 1. The van der Waals surface area contributed by atoms with Crippen LogP contribution in [0.3, 0.4) is 0 Å². The van der Waals surface area contributed by atoms with Crippen molar-refractivity contribution in [2.24, 2.45) is 0 Å². The molecule has 0 spiro atoms. The molecule has 1 aromatic carbocycles. The average Bonchev–Trinajstić information content (AvgIpc) is 2.68. The van der Waals surface area contributed by atoms with E-state index in [4.69, 9.17) is 11.6 Å². The Morgan fingerprint density at radius 1 is 1.18 bits per heavy atom. The Bertz CT molecular complexity index is 695. The largest absolute Gasteiger partial charge is 0.240 e. The van der Waals surface area contributed by atoms with Crippen molar-refractivity contribution in [2.75, 3.05) is 0 Å². The van der Waals surface area contributed by atoms with Crippen LogP contribution in [-0.4, -0.2) is 19.7 Å². The normalized spacial score (nSPS) is 10.9. The van der Waals surface area contributed by atoms with Crippen LogP contribution < -0.4 is 0 Å². The quantitative estimate of drug-likeness (QED) is 0.622. The van der Waals surface area contributed by atoms with Crippen molar-refractivity contribution in [2.45, 2.75) is 0 Å². The van der Waals surface area contributed by atoms with Crippen molar-refractivity contribution < 1.29 is 4.39 Å². The van der Waals surface area contributed by atoms with Gasteiger partial charge in [0.1, 0.15) is 0 Å². The molecular weight excluding hydrogens is 243 g/mol. The van der Waals surface area contributed by atoms with Gasteiger partial charge in [0, 0.05) is 12.3 Å². The molecular formula is C11H6ClFN4. The van der Waals surface area contributed by atoms with Crippen LogP contribution in [0.2, 0.25) is 5.28 Å². The molecule has 0 aliphatic heterocycles. The zero-order chi connectivity index (χ0) is 11.8. The lowest BCUT2D eigenvalue weighted by Crippen LogP contribution is -2.00. The van der Waals surface area contributed by atoms with Crippen molar-refractivity contribution in [1.29, 1.82) is 0 Å². The third-order valence-electron chi connectivity index (χ3n) is 2.37. The second-order valence-corrected chi connectivity index (χ2v) is 3.74. The summed E-state index contributed by atoms with van der Waals surface area (Å²) in [4.78, 5) is 7.77. The van der Waals surface area contributed by atoms with Gasteiger partial charge in [0.15, 0.2) is 5.82 Å². The summed E-state index contributed by atoms with van der Waals surface area (Å²) in [6.45, 7) is 0. The molecule has 3 aromatic rings. The molecule has 17 heavy (non-hydrogen) atoms. The molecule has 0 amide bonds. The zero-order valence-electron chi connectivity index (χ0n) is 8.51. The summed E-state index contributed by atoms with van der Waals surface area (Å²) in [7, 11) is 0. The first-order valence-corrected chi connectivity index (χ1v) is 5.26. The molecule has 0 N–H and O–H groups in total. The number of benzene rings is 1. The van der Waals surface area contributed by atoms with Gasteiger partial charge < -0.3 is 0 Å². The molecule has 0 aliphatic carbocycles. The summed E-state index contributed by atoms with van der Waals surface area (Å²) in [5.74, 6) is -0.0968. The molecule has 0 saturated heterocycles. The van der Waals surface area contributed by atoms with E-state index in [2.05, 4.69) is 15.1 Å².